The minimum absolute atomic E-state index is 0.0119. The average Bonchev–Trinajstić information content (AvgIpc) is 2.99. The maximum Gasteiger partial charge on any atom is 0.240 e. The zero-order valence-corrected chi connectivity index (χ0v) is 14.5. The van der Waals surface area contributed by atoms with E-state index in [1.165, 1.54) is 11.8 Å². The molecule has 1 aliphatic heterocycles. The monoisotopic (exact) mass is 360 g/mol. The molecule has 1 N–H and O–H groups in total. The van der Waals surface area contributed by atoms with E-state index in [9.17, 15) is 9.59 Å². The number of rotatable bonds is 5. The van der Waals surface area contributed by atoms with Gasteiger partial charge in [0, 0.05) is 5.02 Å². The largest absolute Gasteiger partial charge is 0.344 e. The molecule has 0 aromatic heterocycles. The van der Waals surface area contributed by atoms with Crippen LogP contribution in [0.1, 0.15) is 17.2 Å². The molecule has 124 valence electrons. The van der Waals surface area contributed by atoms with E-state index < -0.39 is 0 Å². The second kappa shape index (κ2) is 7.73. The predicted octanol–water partition coefficient (Wildman–Crippen LogP) is 3.08. The number of carbonyl (C=O) groups excluding carboxylic acids is 2. The molecule has 0 radical (unpaired) electrons. The molecular weight excluding hydrogens is 344 g/mol. The van der Waals surface area contributed by atoms with Crippen molar-refractivity contribution >= 4 is 35.2 Å². The number of carbonyl (C=O) groups is 2. The molecule has 1 saturated heterocycles. The van der Waals surface area contributed by atoms with Crippen molar-refractivity contribution < 1.29 is 9.59 Å². The zero-order valence-electron chi connectivity index (χ0n) is 12.9. The Hall–Kier alpha value is -1.98. The Bertz CT molecular complexity index is 722. The normalized spacial score (nSPS) is 15.4. The Morgan fingerprint density at radius 2 is 1.79 bits per heavy atom. The van der Waals surface area contributed by atoms with Crippen molar-refractivity contribution in [1.29, 1.82) is 0 Å². The summed E-state index contributed by atoms with van der Waals surface area (Å²) in [5.41, 5.74) is 1.93. The molecule has 1 fully saturated rings. The van der Waals surface area contributed by atoms with Crippen molar-refractivity contribution in [2.75, 3.05) is 18.2 Å². The van der Waals surface area contributed by atoms with Gasteiger partial charge in [0.25, 0.3) is 0 Å². The Morgan fingerprint density at radius 3 is 2.42 bits per heavy atom. The maximum atomic E-state index is 12.4. The highest BCUT2D eigenvalue weighted by Gasteiger charge is 2.24. The summed E-state index contributed by atoms with van der Waals surface area (Å²) in [5, 5.41) is 3.68. The van der Waals surface area contributed by atoms with Gasteiger partial charge in [0.15, 0.2) is 0 Å². The van der Waals surface area contributed by atoms with Crippen molar-refractivity contribution in [2.45, 2.75) is 6.04 Å². The highest BCUT2D eigenvalue weighted by Crippen LogP contribution is 2.24. The predicted molar refractivity (Wildman–Crippen MR) is 96.9 cm³/mol. The van der Waals surface area contributed by atoms with E-state index in [4.69, 9.17) is 11.6 Å². The van der Waals surface area contributed by atoms with Crippen LogP contribution >= 0.6 is 23.4 Å². The lowest BCUT2D eigenvalue weighted by Gasteiger charge is -2.22. The highest BCUT2D eigenvalue weighted by molar-refractivity contribution is 8.00. The van der Waals surface area contributed by atoms with Crippen molar-refractivity contribution in [3.8, 4) is 0 Å². The number of halogens is 1. The lowest BCUT2D eigenvalue weighted by molar-refractivity contribution is -0.132. The van der Waals surface area contributed by atoms with E-state index in [-0.39, 0.29) is 24.4 Å². The first-order valence-corrected chi connectivity index (χ1v) is 9.12. The first-order chi connectivity index (χ1) is 11.6. The number of nitrogens with one attached hydrogen (secondary N) is 1. The lowest BCUT2D eigenvalue weighted by Crippen LogP contribution is -2.40. The van der Waals surface area contributed by atoms with Crippen LogP contribution in [0.4, 0.5) is 0 Å². The average molecular weight is 361 g/mol. The fourth-order valence-electron chi connectivity index (χ4n) is 2.58. The van der Waals surface area contributed by atoms with Crippen molar-refractivity contribution in [2.24, 2.45) is 0 Å². The standard InChI is InChI=1S/C18H17ClN2O2S/c19-15-8-6-14(7-9-15)18(13-4-2-1-3-5-13)20-16(22)10-21-12-24-11-17(21)23/h1-9,18H,10-12H2,(H,20,22). The minimum atomic E-state index is -0.277. The molecule has 1 unspecified atom stereocenters. The molecule has 2 aromatic carbocycles. The van der Waals surface area contributed by atoms with Crippen LogP contribution in [0.2, 0.25) is 5.02 Å². The van der Waals surface area contributed by atoms with Gasteiger partial charge in [0.1, 0.15) is 6.54 Å². The van der Waals surface area contributed by atoms with Crippen LogP contribution in [-0.4, -0.2) is 34.9 Å². The van der Waals surface area contributed by atoms with E-state index in [1.807, 2.05) is 42.5 Å². The third kappa shape index (κ3) is 4.10. The van der Waals surface area contributed by atoms with Crippen LogP contribution in [0.25, 0.3) is 0 Å². The van der Waals surface area contributed by atoms with Gasteiger partial charge >= 0.3 is 0 Å². The molecule has 2 amide bonds. The van der Waals surface area contributed by atoms with Gasteiger partial charge in [-0.15, -0.1) is 11.8 Å². The zero-order chi connectivity index (χ0) is 16.9. The molecule has 0 bridgehead atoms. The second-order valence-electron chi connectivity index (χ2n) is 5.53. The molecule has 1 aliphatic rings. The van der Waals surface area contributed by atoms with Gasteiger partial charge in [-0.2, -0.15) is 0 Å². The third-order valence-electron chi connectivity index (χ3n) is 3.80. The number of amides is 2. The number of nitrogens with zero attached hydrogens (tertiary/aromatic N) is 1. The molecule has 0 aliphatic carbocycles. The van der Waals surface area contributed by atoms with E-state index >= 15 is 0 Å². The van der Waals surface area contributed by atoms with E-state index in [1.54, 1.807) is 17.0 Å². The van der Waals surface area contributed by atoms with Gasteiger partial charge in [-0.1, -0.05) is 54.1 Å². The van der Waals surface area contributed by atoms with Crippen molar-refractivity contribution in [3.05, 3.63) is 70.7 Å². The summed E-state index contributed by atoms with van der Waals surface area (Å²) in [6.07, 6.45) is 0. The molecule has 1 atom stereocenters. The SMILES string of the molecule is O=C(CN1CSCC1=O)NC(c1ccccc1)c1ccc(Cl)cc1. The van der Waals surface area contributed by atoms with Crippen LogP contribution in [0.15, 0.2) is 54.6 Å². The summed E-state index contributed by atoms with van der Waals surface area (Å²) < 4.78 is 0. The fourth-order valence-corrected chi connectivity index (χ4v) is 3.61. The van der Waals surface area contributed by atoms with Crippen LogP contribution < -0.4 is 5.32 Å². The molecule has 24 heavy (non-hydrogen) atoms. The van der Waals surface area contributed by atoms with Gasteiger partial charge in [-0.3, -0.25) is 9.59 Å². The molecule has 1 heterocycles. The van der Waals surface area contributed by atoms with E-state index in [0.29, 0.717) is 16.7 Å². The van der Waals surface area contributed by atoms with Crippen LogP contribution in [0, 0.1) is 0 Å². The van der Waals surface area contributed by atoms with Gasteiger partial charge in [0.05, 0.1) is 17.7 Å². The molecule has 3 rings (SSSR count). The van der Waals surface area contributed by atoms with Crippen molar-refractivity contribution in [3.63, 3.8) is 0 Å². The summed E-state index contributed by atoms with van der Waals surface area (Å²) in [5.74, 6) is 0.864. The minimum Gasteiger partial charge on any atom is -0.344 e. The smallest absolute Gasteiger partial charge is 0.240 e. The van der Waals surface area contributed by atoms with Crippen molar-refractivity contribution in [1.82, 2.24) is 10.2 Å². The Morgan fingerprint density at radius 1 is 1.12 bits per heavy atom. The van der Waals surface area contributed by atoms with Gasteiger partial charge in [-0.25, -0.2) is 0 Å². The van der Waals surface area contributed by atoms with Gasteiger partial charge < -0.3 is 10.2 Å². The number of hydrogen-bond donors (Lipinski definition) is 1. The van der Waals surface area contributed by atoms with Crippen LogP contribution in [0.3, 0.4) is 0 Å². The van der Waals surface area contributed by atoms with E-state index in [0.717, 1.165) is 11.1 Å². The van der Waals surface area contributed by atoms with Gasteiger partial charge in [-0.05, 0) is 23.3 Å². The number of hydrogen-bond acceptors (Lipinski definition) is 3. The summed E-state index contributed by atoms with van der Waals surface area (Å²) >= 11 is 7.49. The van der Waals surface area contributed by atoms with Crippen LogP contribution in [0.5, 0.6) is 0 Å². The highest BCUT2D eigenvalue weighted by atomic mass is 35.5. The topological polar surface area (TPSA) is 49.4 Å². The number of benzene rings is 2. The summed E-state index contributed by atoms with van der Waals surface area (Å²) in [6.45, 7) is 0.0861. The van der Waals surface area contributed by atoms with E-state index in [2.05, 4.69) is 5.32 Å². The molecule has 2 aromatic rings. The molecular formula is C18H17ClN2O2S. The quantitative estimate of drug-likeness (QED) is 0.891. The molecule has 0 spiro atoms. The second-order valence-corrected chi connectivity index (χ2v) is 6.92. The van der Waals surface area contributed by atoms with Crippen LogP contribution in [-0.2, 0) is 9.59 Å². The fraction of sp³-hybridized carbons (Fsp3) is 0.222. The molecule has 0 saturated carbocycles. The maximum absolute atomic E-state index is 12.4. The number of thioether (sulfide) groups is 1. The first kappa shape index (κ1) is 16.9. The summed E-state index contributed by atoms with van der Waals surface area (Å²) in [7, 11) is 0. The first-order valence-electron chi connectivity index (χ1n) is 7.59. The lowest BCUT2D eigenvalue weighted by atomic mass is 9.98. The molecule has 4 nitrogen and oxygen atoms in total. The Kier molecular flexibility index (Phi) is 5.43. The van der Waals surface area contributed by atoms with Gasteiger partial charge in [0.2, 0.25) is 11.8 Å². The summed E-state index contributed by atoms with van der Waals surface area (Å²) in [6, 6.07) is 16.9. The summed E-state index contributed by atoms with van der Waals surface area (Å²) in [4.78, 5) is 25.7. The molecule has 6 heteroatoms. The third-order valence-corrected chi connectivity index (χ3v) is 5.00. The Balaban J connectivity index is 1.78. The Labute approximate surface area is 150 Å².